The second-order valence-corrected chi connectivity index (χ2v) is 5.16. The monoisotopic (exact) mass is 375 g/mol. The van der Waals surface area contributed by atoms with Crippen molar-refractivity contribution in [3.8, 4) is 11.4 Å². The topological polar surface area (TPSA) is 81.9 Å². The first kappa shape index (κ1) is 18.1. The van der Waals surface area contributed by atoms with E-state index >= 15 is 0 Å². The number of tetrazole rings is 1. The predicted molar refractivity (Wildman–Crippen MR) is 89.8 cm³/mol. The number of amides is 1. The summed E-state index contributed by atoms with van der Waals surface area (Å²) in [7, 11) is 0. The van der Waals surface area contributed by atoms with Gasteiger partial charge in [-0.25, -0.2) is 9.07 Å². The third-order valence-corrected chi connectivity index (χ3v) is 3.37. The molecule has 0 fully saturated rings. The van der Waals surface area contributed by atoms with Crippen molar-refractivity contribution >= 4 is 17.7 Å². The molecule has 138 valence electrons. The summed E-state index contributed by atoms with van der Waals surface area (Å²) in [5, 5.41) is 13.0. The number of nitrogens with zero attached hydrogens (tertiary/aromatic N) is 4. The van der Waals surface area contributed by atoms with Gasteiger partial charge in [0.15, 0.2) is 0 Å². The van der Waals surface area contributed by atoms with Crippen LogP contribution in [0.25, 0.3) is 11.8 Å². The van der Waals surface area contributed by atoms with Gasteiger partial charge in [0.05, 0.1) is 11.4 Å². The molecule has 0 bridgehead atoms. The average molecular weight is 375 g/mol. The molecular weight excluding hydrogens is 363 g/mol. The number of anilines is 1. The van der Waals surface area contributed by atoms with Gasteiger partial charge < -0.3 is 10.1 Å². The maximum atomic E-state index is 13.9. The Bertz CT molecular complexity index is 961. The summed E-state index contributed by atoms with van der Waals surface area (Å²) >= 11 is 0. The SMILES string of the molecule is O=C(C=Cc1ccccc1OC(F)F)Nc1cc(-n2cnnn2)ccc1F. The minimum Gasteiger partial charge on any atom is -0.434 e. The first-order chi connectivity index (χ1) is 13.0. The molecule has 1 amide bonds. The highest BCUT2D eigenvalue weighted by atomic mass is 19.3. The molecule has 27 heavy (non-hydrogen) atoms. The Morgan fingerprint density at radius 3 is 2.78 bits per heavy atom. The van der Waals surface area contributed by atoms with Gasteiger partial charge in [-0.05, 0) is 40.8 Å². The fourth-order valence-corrected chi connectivity index (χ4v) is 2.19. The van der Waals surface area contributed by atoms with Gasteiger partial charge in [0.1, 0.15) is 17.9 Å². The summed E-state index contributed by atoms with van der Waals surface area (Å²) in [6, 6.07) is 9.92. The van der Waals surface area contributed by atoms with Gasteiger partial charge in [0, 0.05) is 11.6 Å². The minimum absolute atomic E-state index is 0.0802. The van der Waals surface area contributed by atoms with E-state index in [1.807, 2.05) is 0 Å². The Morgan fingerprint density at radius 2 is 2.04 bits per heavy atom. The van der Waals surface area contributed by atoms with Gasteiger partial charge in [-0.1, -0.05) is 18.2 Å². The van der Waals surface area contributed by atoms with Crippen molar-refractivity contribution in [3.63, 3.8) is 0 Å². The molecule has 0 aliphatic rings. The molecule has 0 saturated heterocycles. The highest BCUT2D eigenvalue weighted by molar-refractivity contribution is 6.02. The van der Waals surface area contributed by atoms with Crippen LogP contribution in [0, 0.1) is 5.82 Å². The Morgan fingerprint density at radius 1 is 1.22 bits per heavy atom. The van der Waals surface area contributed by atoms with Crippen molar-refractivity contribution in [2.24, 2.45) is 0 Å². The number of carbonyl (C=O) groups excluding carboxylic acids is 1. The van der Waals surface area contributed by atoms with Crippen LogP contribution in [0.1, 0.15) is 5.56 Å². The third-order valence-electron chi connectivity index (χ3n) is 3.37. The van der Waals surface area contributed by atoms with Crippen molar-refractivity contribution in [2.75, 3.05) is 5.32 Å². The van der Waals surface area contributed by atoms with Crippen LogP contribution in [-0.4, -0.2) is 32.7 Å². The molecule has 0 aliphatic carbocycles. The number of benzene rings is 2. The Balaban J connectivity index is 1.75. The lowest BCUT2D eigenvalue weighted by atomic mass is 10.2. The molecule has 7 nitrogen and oxygen atoms in total. The smallest absolute Gasteiger partial charge is 0.387 e. The van der Waals surface area contributed by atoms with E-state index in [0.717, 1.165) is 12.1 Å². The third kappa shape index (κ3) is 4.69. The summed E-state index contributed by atoms with van der Waals surface area (Å²) in [5.74, 6) is -1.40. The van der Waals surface area contributed by atoms with Gasteiger partial charge in [-0.2, -0.15) is 8.78 Å². The molecule has 10 heteroatoms. The van der Waals surface area contributed by atoms with Gasteiger partial charge in [0.2, 0.25) is 5.91 Å². The summed E-state index contributed by atoms with van der Waals surface area (Å²) in [6.07, 6.45) is 3.69. The molecule has 0 unspecified atom stereocenters. The average Bonchev–Trinajstić information content (AvgIpc) is 3.17. The number of alkyl halides is 2. The van der Waals surface area contributed by atoms with Gasteiger partial charge >= 0.3 is 6.61 Å². The summed E-state index contributed by atoms with van der Waals surface area (Å²) in [4.78, 5) is 12.1. The first-order valence-electron chi connectivity index (χ1n) is 7.59. The highest BCUT2D eigenvalue weighted by Gasteiger charge is 2.10. The predicted octanol–water partition coefficient (Wildman–Crippen LogP) is 3.05. The number of rotatable bonds is 6. The number of hydrogen-bond acceptors (Lipinski definition) is 5. The summed E-state index contributed by atoms with van der Waals surface area (Å²) in [6.45, 7) is -2.99. The highest BCUT2D eigenvalue weighted by Crippen LogP contribution is 2.22. The maximum absolute atomic E-state index is 13.9. The minimum atomic E-state index is -2.99. The van der Waals surface area contributed by atoms with Crippen LogP contribution in [-0.2, 0) is 4.79 Å². The van der Waals surface area contributed by atoms with Gasteiger partial charge in [-0.3, -0.25) is 4.79 Å². The summed E-state index contributed by atoms with van der Waals surface area (Å²) in [5.41, 5.74) is 0.627. The Kier molecular flexibility index (Phi) is 5.45. The number of halogens is 3. The zero-order chi connectivity index (χ0) is 19.2. The first-order valence-corrected chi connectivity index (χ1v) is 7.59. The summed E-state index contributed by atoms with van der Waals surface area (Å²) < 4.78 is 44.4. The number of carbonyl (C=O) groups is 1. The zero-order valence-electron chi connectivity index (χ0n) is 13.6. The maximum Gasteiger partial charge on any atom is 0.387 e. The number of para-hydroxylation sites is 1. The normalized spacial score (nSPS) is 11.1. The van der Waals surface area contributed by atoms with Crippen LogP contribution >= 0.6 is 0 Å². The number of ether oxygens (including phenoxy) is 1. The molecule has 1 aromatic heterocycles. The largest absolute Gasteiger partial charge is 0.434 e. The lowest BCUT2D eigenvalue weighted by Gasteiger charge is -2.08. The van der Waals surface area contributed by atoms with Gasteiger partial charge in [-0.15, -0.1) is 5.10 Å². The van der Waals surface area contributed by atoms with E-state index in [0.29, 0.717) is 5.69 Å². The van der Waals surface area contributed by atoms with Crippen molar-refractivity contribution in [1.29, 1.82) is 0 Å². The van der Waals surface area contributed by atoms with Crippen LogP contribution in [0.2, 0.25) is 0 Å². The molecule has 0 atom stereocenters. The number of nitrogens with one attached hydrogen (secondary N) is 1. The van der Waals surface area contributed by atoms with E-state index in [-0.39, 0.29) is 17.0 Å². The lowest BCUT2D eigenvalue weighted by molar-refractivity contribution is -0.111. The van der Waals surface area contributed by atoms with E-state index in [4.69, 9.17) is 0 Å². The molecule has 0 aliphatic heterocycles. The van der Waals surface area contributed by atoms with Crippen molar-refractivity contribution in [3.05, 3.63) is 66.2 Å². The van der Waals surface area contributed by atoms with Crippen molar-refractivity contribution < 1.29 is 22.7 Å². The molecule has 0 saturated carbocycles. The molecule has 2 aromatic carbocycles. The molecule has 1 heterocycles. The lowest BCUT2D eigenvalue weighted by Crippen LogP contribution is -2.10. The van der Waals surface area contributed by atoms with E-state index in [1.54, 1.807) is 6.07 Å². The van der Waals surface area contributed by atoms with Crippen molar-refractivity contribution in [2.45, 2.75) is 6.61 Å². The fourth-order valence-electron chi connectivity index (χ4n) is 2.19. The Hall–Kier alpha value is -3.69. The molecule has 3 aromatic rings. The second-order valence-electron chi connectivity index (χ2n) is 5.16. The fraction of sp³-hybridized carbons (Fsp3) is 0.0588. The molecule has 0 spiro atoms. The quantitative estimate of drug-likeness (QED) is 0.670. The second kappa shape index (κ2) is 8.13. The Labute approximate surface area is 151 Å². The molecule has 1 N–H and O–H groups in total. The van der Waals surface area contributed by atoms with Crippen LogP contribution in [0.5, 0.6) is 5.75 Å². The number of hydrogen-bond donors (Lipinski definition) is 1. The number of aromatic nitrogens is 4. The van der Waals surface area contributed by atoms with Crippen molar-refractivity contribution in [1.82, 2.24) is 20.2 Å². The van der Waals surface area contributed by atoms with Crippen LogP contribution in [0.4, 0.5) is 18.9 Å². The molecular formula is C17H12F3N5O2. The van der Waals surface area contributed by atoms with E-state index in [9.17, 15) is 18.0 Å². The van der Waals surface area contributed by atoms with Crippen LogP contribution in [0.15, 0.2) is 54.9 Å². The molecule has 3 rings (SSSR count). The standard InChI is InChI=1S/C17H12F3N5O2/c18-13-7-6-12(25-10-21-23-24-25)9-14(13)22-16(26)8-5-11-3-1-2-4-15(11)27-17(19)20/h1-10,17H,(H,22,26). The van der Waals surface area contributed by atoms with Gasteiger partial charge in [0.25, 0.3) is 0 Å². The van der Waals surface area contributed by atoms with E-state index in [2.05, 4.69) is 25.6 Å². The van der Waals surface area contributed by atoms with E-state index in [1.165, 1.54) is 47.4 Å². The van der Waals surface area contributed by atoms with Crippen LogP contribution in [0.3, 0.4) is 0 Å². The molecule has 0 radical (unpaired) electrons. The van der Waals surface area contributed by atoms with E-state index < -0.39 is 18.3 Å². The zero-order valence-corrected chi connectivity index (χ0v) is 13.6. The van der Waals surface area contributed by atoms with Crippen LogP contribution < -0.4 is 10.1 Å².